The van der Waals surface area contributed by atoms with Crippen molar-refractivity contribution in [2.45, 2.75) is 20.8 Å². The van der Waals surface area contributed by atoms with Gasteiger partial charge in [-0.05, 0) is 55.7 Å². The van der Waals surface area contributed by atoms with E-state index in [0.29, 0.717) is 27.3 Å². The van der Waals surface area contributed by atoms with Gasteiger partial charge in [0.05, 0.1) is 12.7 Å². The Morgan fingerprint density at radius 2 is 1.82 bits per heavy atom. The third-order valence-corrected chi connectivity index (χ3v) is 6.35. The third-order valence-electron chi connectivity index (χ3n) is 5.17. The number of methoxy groups -OCH3 is 1. The topological polar surface area (TPSA) is 125 Å². The van der Waals surface area contributed by atoms with Gasteiger partial charge in [-0.3, -0.25) is 4.79 Å². The average Bonchev–Trinajstić information content (AvgIpc) is 3.38. The molecule has 166 valence electrons. The van der Waals surface area contributed by atoms with Crippen molar-refractivity contribution in [2.75, 3.05) is 7.11 Å². The number of fused-ring (bicyclic) bond motifs is 1. The summed E-state index contributed by atoms with van der Waals surface area (Å²) in [5, 5.41) is 2.46. The second-order valence-corrected chi connectivity index (χ2v) is 9.19. The third kappa shape index (κ3) is 5.71. The van der Waals surface area contributed by atoms with E-state index in [-0.39, 0.29) is 87.6 Å². The van der Waals surface area contributed by atoms with Crippen LogP contribution in [-0.2, 0) is 4.57 Å². The zero-order chi connectivity index (χ0) is 23.2. The number of ketones is 1. The molecule has 0 aliphatic carbocycles. The predicted molar refractivity (Wildman–Crippen MR) is 116 cm³/mol. The summed E-state index contributed by atoms with van der Waals surface area (Å²) >= 11 is 1.25. The smallest absolute Gasteiger partial charge is 0.780 e. The minimum atomic E-state index is -5.36. The van der Waals surface area contributed by atoms with Gasteiger partial charge in [0.1, 0.15) is 13.6 Å². The Bertz CT molecular complexity index is 1400. The van der Waals surface area contributed by atoms with Gasteiger partial charge in [0.25, 0.3) is 0 Å². The van der Waals surface area contributed by atoms with Crippen molar-refractivity contribution in [3.8, 4) is 22.3 Å². The van der Waals surface area contributed by atoms with Crippen LogP contribution in [0, 0.1) is 20.8 Å². The van der Waals surface area contributed by atoms with Gasteiger partial charge in [0.15, 0.2) is 27.9 Å². The maximum atomic E-state index is 13.7. The number of ether oxygens (including phenoxy) is 1. The maximum Gasteiger partial charge on any atom is 1.00 e. The molecule has 34 heavy (non-hydrogen) atoms. The summed E-state index contributed by atoms with van der Waals surface area (Å²) in [6.45, 7) is 5.35. The molecule has 0 radical (unpaired) electrons. The van der Waals surface area contributed by atoms with Crippen molar-refractivity contribution in [1.82, 2.24) is 4.98 Å². The van der Waals surface area contributed by atoms with Crippen molar-refractivity contribution in [3.05, 3.63) is 63.7 Å². The minimum absolute atomic E-state index is 0. The van der Waals surface area contributed by atoms with Gasteiger partial charge in [-0.2, -0.15) is 0 Å². The largest absolute Gasteiger partial charge is 1.00 e. The molecule has 0 unspecified atom stereocenters. The Morgan fingerprint density at radius 3 is 2.41 bits per heavy atom. The van der Waals surface area contributed by atoms with E-state index >= 15 is 0 Å². The van der Waals surface area contributed by atoms with E-state index < -0.39 is 7.82 Å². The quantitative estimate of drug-likeness (QED) is 0.163. The van der Waals surface area contributed by atoms with Crippen LogP contribution in [0.2, 0.25) is 0 Å². The zero-order valence-electron chi connectivity index (χ0n) is 19.6. The minimum Gasteiger partial charge on any atom is -0.780 e. The van der Waals surface area contributed by atoms with Crippen LogP contribution in [0.4, 0.5) is 0 Å². The fraction of sp³-hybridized carbons (Fsp3) is 0.182. The van der Waals surface area contributed by atoms with E-state index in [1.165, 1.54) is 18.4 Å². The molecule has 0 fully saturated rings. The molecule has 0 aliphatic rings. The monoisotopic (exact) mass is 517 g/mol. The van der Waals surface area contributed by atoms with Crippen LogP contribution in [0.25, 0.3) is 21.7 Å². The number of hydrogen-bond acceptors (Lipinski definition) is 9. The van der Waals surface area contributed by atoms with E-state index in [4.69, 9.17) is 13.7 Å². The summed E-state index contributed by atoms with van der Waals surface area (Å²) in [7, 11) is -3.84. The number of aryl methyl sites for hydroxylation is 2. The molecule has 4 aromatic rings. The molecule has 4 rings (SSSR count). The Morgan fingerprint density at radius 1 is 1.12 bits per heavy atom. The Balaban J connectivity index is 0.00000204. The van der Waals surface area contributed by atoms with Crippen molar-refractivity contribution in [3.63, 3.8) is 0 Å². The van der Waals surface area contributed by atoms with Gasteiger partial charge >= 0.3 is 59.1 Å². The molecule has 2 heterocycles. The molecule has 2 aromatic carbocycles. The van der Waals surface area contributed by atoms with E-state index in [1.807, 2.05) is 13.8 Å². The van der Waals surface area contributed by atoms with E-state index in [1.54, 1.807) is 42.8 Å². The number of benzene rings is 2. The fourth-order valence-electron chi connectivity index (χ4n) is 3.49. The summed E-state index contributed by atoms with van der Waals surface area (Å²) in [6.07, 6.45) is 1.56. The SMILES string of the molecule is COc1cc(C(=O)c2c(-c3nccs3)oc3c(OP(=O)([O-])[O-])c(C)ccc23)cc(C)c1C.[Na+].[Na+]. The summed E-state index contributed by atoms with van der Waals surface area (Å²) in [5.74, 6) is 0.123. The predicted octanol–water partition coefficient (Wildman–Crippen LogP) is -2.06. The molecule has 2 aromatic heterocycles. The molecule has 0 atom stereocenters. The van der Waals surface area contributed by atoms with Crippen LogP contribution < -0.4 is 78.2 Å². The number of carbonyl (C=O) groups is 1. The summed E-state index contributed by atoms with van der Waals surface area (Å²) in [5.41, 5.74) is 2.70. The maximum absolute atomic E-state index is 13.7. The van der Waals surface area contributed by atoms with Crippen LogP contribution in [0.3, 0.4) is 0 Å². The molecule has 0 amide bonds. The number of thiazole rings is 1. The standard InChI is InChI=1S/C22H20NO7PS.2Na/c1-11-5-6-15-17(18(24)14-9-12(2)13(3)16(10-14)28-4)21(22-23-7-8-32-22)29-20(15)19(11)30-31(25,26)27;;/h5-10H,1-4H3,(H2,25,26,27);;/q;2*+1/p-2. The first-order valence-corrected chi connectivity index (χ1v) is 11.8. The molecule has 12 heteroatoms. The Kier molecular flexibility index (Phi) is 9.80. The average molecular weight is 517 g/mol. The van der Waals surface area contributed by atoms with E-state index in [0.717, 1.165) is 11.1 Å². The van der Waals surface area contributed by atoms with Crippen LogP contribution in [0.1, 0.15) is 32.6 Å². The van der Waals surface area contributed by atoms with Gasteiger partial charge in [-0.15, -0.1) is 11.3 Å². The number of furan rings is 1. The summed E-state index contributed by atoms with van der Waals surface area (Å²) in [6, 6.07) is 6.58. The van der Waals surface area contributed by atoms with Crippen molar-refractivity contribution < 1.29 is 91.9 Å². The Labute approximate surface area is 244 Å². The van der Waals surface area contributed by atoms with Crippen LogP contribution in [-0.4, -0.2) is 17.9 Å². The molecule has 8 nitrogen and oxygen atoms in total. The summed E-state index contributed by atoms with van der Waals surface area (Å²) in [4.78, 5) is 40.6. The molecule has 0 saturated heterocycles. The summed E-state index contributed by atoms with van der Waals surface area (Å²) < 4.78 is 27.4. The molecular weight excluding hydrogens is 499 g/mol. The number of rotatable bonds is 6. The molecule has 0 N–H and O–H groups in total. The second-order valence-electron chi connectivity index (χ2n) is 7.22. The number of phosphoric acid groups is 1. The van der Waals surface area contributed by atoms with Gasteiger partial charge in [0, 0.05) is 22.5 Å². The number of phosphoric ester groups is 1. The zero-order valence-corrected chi connectivity index (χ0v) is 25.3. The van der Waals surface area contributed by atoms with E-state index in [2.05, 4.69) is 4.98 Å². The van der Waals surface area contributed by atoms with Crippen LogP contribution >= 0.6 is 19.2 Å². The fourth-order valence-corrected chi connectivity index (χ4v) is 4.56. The number of aromatic nitrogens is 1. The number of hydrogen-bond donors (Lipinski definition) is 0. The van der Waals surface area contributed by atoms with Gasteiger partial charge in [0.2, 0.25) is 0 Å². The second kappa shape index (κ2) is 11.4. The van der Waals surface area contributed by atoms with E-state index in [9.17, 15) is 19.1 Å². The first-order valence-electron chi connectivity index (χ1n) is 9.48. The van der Waals surface area contributed by atoms with Gasteiger partial charge in [-0.1, -0.05) is 6.07 Å². The first kappa shape index (κ1) is 29.3. The van der Waals surface area contributed by atoms with Crippen molar-refractivity contribution in [2.24, 2.45) is 0 Å². The first-order chi connectivity index (χ1) is 15.1. The molecule has 0 aliphatic heterocycles. The molecular formula is C22H18NNa2O7PS. The number of carbonyl (C=O) groups excluding carboxylic acids is 1. The van der Waals surface area contributed by atoms with Crippen molar-refractivity contribution >= 4 is 35.9 Å². The van der Waals surface area contributed by atoms with Crippen LogP contribution in [0.15, 0.2) is 40.3 Å². The van der Waals surface area contributed by atoms with Gasteiger partial charge in [-0.25, -0.2) is 4.98 Å². The van der Waals surface area contributed by atoms with Crippen molar-refractivity contribution in [1.29, 1.82) is 0 Å². The molecule has 0 saturated carbocycles. The normalized spacial score (nSPS) is 11.0. The Hall–Kier alpha value is -0.970. The van der Waals surface area contributed by atoms with Gasteiger partial charge < -0.3 is 28.0 Å². The molecule has 0 bridgehead atoms. The van der Waals surface area contributed by atoms with Crippen LogP contribution in [0.5, 0.6) is 11.5 Å². The number of nitrogens with zero attached hydrogens (tertiary/aromatic N) is 1. The molecule has 0 spiro atoms.